The minimum absolute atomic E-state index is 0.222. The Morgan fingerprint density at radius 2 is 1.48 bits per heavy atom. The number of rotatable bonds is 14. The van der Waals surface area contributed by atoms with E-state index in [0.29, 0.717) is 26.4 Å². The van der Waals surface area contributed by atoms with Crippen LogP contribution in [0, 0.1) is 0 Å². The third kappa shape index (κ3) is 9.42. The van der Waals surface area contributed by atoms with E-state index in [1.54, 1.807) is 0 Å². The van der Waals surface area contributed by atoms with Gasteiger partial charge in [0.1, 0.15) is 0 Å². The summed E-state index contributed by atoms with van der Waals surface area (Å²) in [6.45, 7) is 16.5. The van der Waals surface area contributed by atoms with Crippen LogP contribution < -0.4 is 0 Å². The normalized spacial score (nSPS) is 13.4. The van der Waals surface area contributed by atoms with Crippen molar-refractivity contribution in [3.8, 4) is 0 Å². The van der Waals surface area contributed by atoms with Crippen LogP contribution in [0.15, 0.2) is 12.2 Å². The maximum Gasteiger partial charge on any atom is 0.501 e. The molecule has 0 radical (unpaired) electrons. The molecule has 1 atom stereocenters. The molecule has 0 aromatic heterocycles. The first-order chi connectivity index (χ1) is 10.0. The first kappa shape index (κ1) is 20.8. The molecule has 0 saturated heterocycles. The number of ether oxygens (including phenoxy) is 1. The minimum atomic E-state index is -2.55. The summed E-state index contributed by atoms with van der Waals surface area (Å²) < 4.78 is 23.6. The van der Waals surface area contributed by atoms with Gasteiger partial charge in [0.15, 0.2) is 0 Å². The van der Waals surface area contributed by atoms with Gasteiger partial charge in [-0.05, 0) is 40.5 Å². The van der Waals surface area contributed by atoms with Gasteiger partial charge in [-0.25, -0.2) is 0 Å². The van der Waals surface area contributed by atoms with Crippen LogP contribution in [0.5, 0.6) is 0 Å². The van der Waals surface area contributed by atoms with Crippen LogP contribution in [-0.2, 0) is 18.0 Å². The first-order valence-electron chi connectivity index (χ1n) is 8.21. The molecule has 0 heterocycles. The van der Waals surface area contributed by atoms with E-state index in [0.717, 1.165) is 30.9 Å². The smallest absolute Gasteiger partial charge is 0.374 e. The molecule has 0 rings (SSSR count). The van der Waals surface area contributed by atoms with Crippen molar-refractivity contribution >= 4 is 8.80 Å². The topological polar surface area (TPSA) is 36.9 Å². The molecule has 0 spiro atoms. The maximum atomic E-state index is 5.93. The fraction of sp³-hybridized carbons (Fsp3) is 0.875. The van der Waals surface area contributed by atoms with Gasteiger partial charge >= 0.3 is 8.80 Å². The van der Waals surface area contributed by atoms with E-state index in [-0.39, 0.29) is 6.10 Å². The highest BCUT2D eigenvalue weighted by Gasteiger charge is 2.40. The van der Waals surface area contributed by atoms with E-state index in [1.807, 2.05) is 27.7 Å². The van der Waals surface area contributed by atoms with Gasteiger partial charge in [0.2, 0.25) is 0 Å². The quantitative estimate of drug-likeness (QED) is 0.355. The Balaban J connectivity index is 4.59. The van der Waals surface area contributed by atoms with E-state index < -0.39 is 8.80 Å². The largest absolute Gasteiger partial charge is 0.501 e. The predicted molar refractivity (Wildman–Crippen MR) is 89.5 cm³/mol. The maximum absolute atomic E-state index is 5.93. The minimum Gasteiger partial charge on any atom is -0.374 e. The molecule has 126 valence electrons. The molecule has 0 aliphatic heterocycles. The molecule has 0 amide bonds. The Bertz CT molecular complexity index is 254. The van der Waals surface area contributed by atoms with E-state index in [9.17, 15) is 0 Å². The summed E-state index contributed by atoms with van der Waals surface area (Å²) in [5.74, 6) is 0. The van der Waals surface area contributed by atoms with Crippen molar-refractivity contribution in [2.24, 2.45) is 0 Å². The van der Waals surface area contributed by atoms with Crippen molar-refractivity contribution < 1.29 is 18.0 Å². The average Bonchev–Trinajstić information content (AvgIpc) is 2.42. The lowest BCUT2D eigenvalue weighted by Crippen LogP contribution is -2.46. The van der Waals surface area contributed by atoms with Crippen LogP contribution >= 0.6 is 0 Å². The third-order valence-electron chi connectivity index (χ3n) is 3.04. The number of hydrogen-bond acceptors (Lipinski definition) is 4. The SMILES string of the molecule is C=C(C)COC(CCC)CC[Si](OCC)(OCC)OCC. The fourth-order valence-corrected chi connectivity index (χ4v) is 4.91. The van der Waals surface area contributed by atoms with Crippen LogP contribution in [-0.4, -0.2) is 41.3 Å². The highest BCUT2D eigenvalue weighted by molar-refractivity contribution is 6.60. The molecule has 0 saturated carbocycles. The van der Waals surface area contributed by atoms with Gasteiger partial charge in [-0.1, -0.05) is 25.5 Å². The summed E-state index contributed by atoms with van der Waals surface area (Å²) in [6, 6.07) is 0.809. The number of hydrogen-bond donors (Lipinski definition) is 0. The van der Waals surface area contributed by atoms with Crippen molar-refractivity contribution in [3.05, 3.63) is 12.2 Å². The van der Waals surface area contributed by atoms with Crippen molar-refractivity contribution in [2.45, 2.75) is 66.0 Å². The third-order valence-corrected chi connectivity index (χ3v) is 6.13. The molecular weight excluding hydrogens is 284 g/mol. The molecule has 0 aromatic rings. The Morgan fingerprint density at radius 1 is 0.952 bits per heavy atom. The van der Waals surface area contributed by atoms with Crippen LogP contribution in [0.2, 0.25) is 6.04 Å². The standard InChI is InChI=1S/C16H34O4Si/c1-7-11-16(17-14-15(5)6)12-13-21(18-8-2,19-9-3)20-10-4/h16H,5,7-14H2,1-4,6H3. The van der Waals surface area contributed by atoms with Crippen molar-refractivity contribution in [3.63, 3.8) is 0 Å². The Kier molecular flexibility index (Phi) is 12.2. The van der Waals surface area contributed by atoms with Crippen LogP contribution in [0.1, 0.15) is 53.9 Å². The van der Waals surface area contributed by atoms with Crippen molar-refractivity contribution in [1.29, 1.82) is 0 Å². The zero-order valence-electron chi connectivity index (χ0n) is 14.6. The summed E-state index contributed by atoms with van der Waals surface area (Å²) >= 11 is 0. The second-order valence-electron chi connectivity index (χ2n) is 5.20. The van der Waals surface area contributed by atoms with E-state index in [1.165, 1.54) is 0 Å². The van der Waals surface area contributed by atoms with E-state index in [4.69, 9.17) is 18.0 Å². The zero-order chi connectivity index (χ0) is 16.1. The highest BCUT2D eigenvalue weighted by atomic mass is 28.4. The Hall–Kier alpha value is -0.203. The summed E-state index contributed by atoms with van der Waals surface area (Å²) in [5, 5.41) is 0. The molecule has 5 heteroatoms. The van der Waals surface area contributed by atoms with Gasteiger partial charge in [0.05, 0.1) is 12.7 Å². The molecule has 0 fully saturated rings. The van der Waals surface area contributed by atoms with E-state index >= 15 is 0 Å². The molecule has 0 aliphatic rings. The van der Waals surface area contributed by atoms with Crippen LogP contribution in [0.3, 0.4) is 0 Å². The molecule has 4 nitrogen and oxygen atoms in total. The molecule has 1 unspecified atom stereocenters. The fourth-order valence-electron chi connectivity index (χ4n) is 2.23. The Labute approximate surface area is 132 Å². The molecule has 0 bridgehead atoms. The van der Waals surface area contributed by atoms with Crippen molar-refractivity contribution in [2.75, 3.05) is 26.4 Å². The zero-order valence-corrected chi connectivity index (χ0v) is 15.6. The molecule has 0 N–H and O–H groups in total. The summed E-state index contributed by atoms with van der Waals surface area (Å²) in [4.78, 5) is 0. The molecule has 0 aromatic carbocycles. The van der Waals surface area contributed by atoms with Gasteiger partial charge in [-0.15, -0.1) is 0 Å². The second-order valence-corrected chi connectivity index (χ2v) is 7.93. The predicted octanol–water partition coefficient (Wildman–Crippen LogP) is 4.19. The molecule has 0 aliphatic carbocycles. The monoisotopic (exact) mass is 318 g/mol. The first-order valence-corrected chi connectivity index (χ1v) is 10.1. The second kappa shape index (κ2) is 12.4. The lowest BCUT2D eigenvalue weighted by molar-refractivity contribution is 0.0423. The lowest BCUT2D eigenvalue weighted by Gasteiger charge is -2.30. The molecular formula is C16H34O4Si. The summed E-state index contributed by atoms with van der Waals surface area (Å²) in [6.07, 6.45) is 3.28. The summed E-state index contributed by atoms with van der Waals surface area (Å²) in [5.41, 5.74) is 1.05. The Morgan fingerprint density at radius 3 is 1.86 bits per heavy atom. The average molecular weight is 319 g/mol. The van der Waals surface area contributed by atoms with Gasteiger partial charge in [-0.2, -0.15) is 0 Å². The van der Waals surface area contributed by atoms with Gasteiger partial charge < -0.3 is 18.0 Å². The van der Waals surface area contributed by atoms with Crippen LogP contribution in [0.25, 0.3) is 0 Å². The van der Waals surface area contributed by atoms with Gasteiger partial charge in [0, 0.05) is 25.9 Å². The molecule has 21 heavy (non-hydrogen) atoms. The van der Waals surface area contributed by atoms with E-state index in [2.05, 4.69) is 13.5 Å². The van der Waals surface area contributed by atoms with Crippen molar-refractivity contribution in [1.82, 2.24) is 0 Å². The van der Waals surface area contributed by atoms with Gasteiger partial charge in [0.25, 0.3) is 0 Å². The summed E-state index contributed by atoms with van der Waals surface area (Å²) in [7, 11) is -2.55. The van der Waals surface area contributed by atoms with Gasteiger partial charge in [-0.3, -0.25) is 0 Å². The highest BCUT2D eigenvalue weighted by Crippen LogP contribution is 2.22. The lowest BCUT2D eigenvalue weighted by atomic mass is 10.1. The van der Waals surface area contributed by atoms with Crippen LogP contribution in [0.4, 0.5) is 0 Å².